The van der Waals surface area contributed by atoms with Gasteiger partial charge in [-0.3, -0.25) is 0 Å². The molecule has 0 aliphatic rings. The van der Waals surface area contributed by atoms with E-state index in [0.717, 1.165) is 11.1 Å². The van der Waals surface area contributed by atoms with Crippen molar-refractivity contribution in [1.82, 2.24) is 29.6 Å². The van der Waals surface area contributed by atoms with E-state index in [9.17, 15) is 8.42 Å². The third-order valence-corrected chi connectivity index (χ3v) is 5.26. The third-order valence-electron chi connectivity index (χ3n) is 4.45. The van der Waals surface area contributed by atoms with Gasteiger partial charge in [-0.2, -0.15) is 0 Å². The molecule has 0 unspecified atom stereocenters. The van der Waals surface area contributed by atoms with Gasteiger partial charge in [0.15, 0.2) is 5.65 Å². The molecule has 0 fully saturated rings. The number of thiol groups is 1. The van der Waals surface area contributed by atoms with Crippen molar-refractivity contribution in [2.75, 3.05) is 11.9 Å². The molecule has 0 amide bonds. The van der Waals surface area contributed by atoms with Crippen LogP contribution in [-0.4, -0.2) is 39.9 Å². The molecule has 0 atom stereocenters. The van der Waals surface area contributed by atoms with Crippen LogP contribution in [0.2, 0.25) is 5.02 Å². The average molecular weight is 444 g/mol. The number of aromatic amines is 1. The van der Waals surface area contributed by atoms with Crippen molar-refractivity contribution < 1.29 is 8.42 Å². The van der Waals surface area contributed by atoms with Crippen LogP contribution in [-0.2, 0) is 17.3 Å². The molecule has 11 heteroatoms. The smallest absolute Gasteiger partial charge is 0.201 e. The highest BCUT2D eigenvalue weighted by Gasteiger charge is 2.14. The van der Waals surface area contributed by atoms with Crippen molar-refractivity contribution in [3.63, 3.8) is 0 Å². The Bertz CT molecular complexity index is 1250. The molecule has 3 aromatic heterocycles. The number of rotatable bonds is 8. The highest BCUT2D eigenvalue weighted by atomic mass is 35.5. The second kappa shape index (κ2) is 9.16. The highest BCUT2D eigenvalue weighted by Crippen LogP contribution is 2.33. The number of anilines is 2. The van der Waals surface area contributed by atoms with Crippen LogP contribution < -0.4 is 10.0 Å². The topological polar surface area (TPSA) is 126 Å². The lowest BCUT2D eigenvalue weighted by atomic mass is 10.1. The number of imidazole rings is 1. The number of hydrogen-bond donors (Lipinski definition) is 4. The van der Waals surface area contributed by atoms with Crippen molar-refractivity contribution in [3.8, 4) is 11.3 Å². The maximum atomic E-state index is 10.6. The molecule has 0 saturated carbocycles. The van der Waals surface area contributed by atoms with E-state index >= 15 is 0 Å². The molecular weight excluding hydrogens is 426 g/mol. The van der Waals surface area contributed by atoms with E-state index in [1.54, 1.807) is 18.6 Å². The SMILES string of the molecule is O=[SH](=O)NCCCc1ccc(Cl)c(Nc2ncccc2-c2ncnc3[nH]cnc23)c1. The molecule has 3 N–H and O–H groups in total. The molecular formula is C19H18ClN7O2S. The van der Waals surface area contributed by atoms with Crippen LogP contribution in [0.3, 0.4) is 0 Å². The Balaban J connectivity index is 1.61. The van der Waals surface area contributed by atoms with Crippen LogP contribution in [0.25, 0.3) is 22.4 Å². The van der Waals surface area contributed by atoms with Crippen LogP contribution in [0.4, 0.5) is 11.5 Å². The van der Waals surface area contributed by atoms with Gasteiger partial charge in [-0.25, -0.2) is 33.1 Å². The largest absolute Gasteiger partial charge is 0.338 e. The summed E-state index contributed by atoms with van der Waals surface area (Å²) in [6, 6.07) is 9.38. The van der Waals surface area contributed by atoms with E-state index in [1.807, 2.05) is 24.3 Å². The predicted octanol–water partition coefficient (Wildman–Crippen LogP) is 2.86. The van der Waals surface area contributed by atoms with E-state index in [2.05, 4.69) is 35.0 Å². The summed E-state index contributed by atoms with van der Waals surface area (Å²) in [7, 11) is -2.57. The summed E-state index contributed by atoms with van der Waals surface area (Å²) in [5.41, 5.74) is 4.44. The van der Waals surface area contributed by atoms with Gasteiger partial charge in [0.05, 0.1) is 17.0 Å². The van der Waals surface area contributed by atoms with Gasteiger partial charge in [-0.05, 0) is 42.7 Å². The Morgan fingerprint density at radius 3 is 2.87 bits per heavy atom. The van der Waals surface area contributed by atoms with Gasteiger partial charge in [0.25, 0.3) is 0 Å². The van der Waals surface area contributed by atoms with E-state index < -0.39 is 10.9 Å². The lowest BCUT2D eigenvalue weighted by molar-refractivity contribution is 0.599. The van der Waals surface area contributed by atoms with Crippen LogP contribution in [0.5, 0.6) is 0 Å². The van der Waals surface area contributed by atoms with Gasteiger partial charge in [0, 0.05) is 18.3 Å². The summed E-state index contributed by atoms with van der Waals surface area (Å²) >= 11 is 6.40. The maximum absolute atomic E-state index is 10.6. The highest BCUT2D eigenvalue weighted by molar-refractivity contribution is 7.70. The third kappa shape index (κ3) is 4.56. The lowest BCUT2D eigenvalue weighted by Crippen LogP contribution is -2.13. The Hall–Kier alpha value is -3.08. The molecule has 0 saturated heterocycles. The minimum absolute atomic E-state index is 0.391. The van der Waals surface area contributed by atoms with E-state index in [4.69, 9.17) is 11.6 Å². The molecule has 0 aliphatic carbocycles. The Morgan fingerprint density at radius 1 is 1.10 bits per heavy atom. The fraction of sp³-hybridized carbons (Fsp3) is 0.158. The first-order valence-electron chi connectivity index (χ1n) is 9.14. The zero-order chi connectivity index (χ0) is 20.9. The molecule has 0 aliphatic heterocycles. The molecule has 0 spiro atoms. The van der Waals surface area contributed by atoms with Crippen LogP contribution >= 0.6 is 11.6 Å². The minimum Gasteiger partial charge on any atom is -0.338 e. The van der Waals surface area contributed by atoms with Gasteiger partial charge in [-0.15, -0.1) is 0 Å². The summed E-state index contributed by atoms with van der Waals surface area (Å²) in [5, 5.41) is 3.84. The summed E-state index contributed by atoms with van der Waals surface area (Å²) in [6.45, 7) is 0.391. The number of fused-ring (bicyclic) bond motifs is 1. The lowest BCUT2D eigenvalue weighted by Gasteiger charge is -2.13. The number of hydrogen-bond acceptors (Lipinski definition) is 7. The van der Waals surface area contributed by atoms with Crippen molar-refractivity contribution in [2.24, 2.45) is 0 Å². The first kappa shape index (κ1) is 20.2. The molecule has 154 valence electrons. The number of halogens is 1. The number of nitrogens with zero attached hydrogens (tertiary/aromatic N) is 4. The number of nitrogens with one attached hydrogen (secondary N) is 3. The summed E-state index contributed by atoms with van der Waals surface area (Å²) in [5.74, 6) is 0.588. The number of benzene rings is 1. The fourth-order valence-electron chi connectivity index (χ4n) is 3.07. The van der Waals surface area contributed by atoms with Crippen LogP contribution in [0.15, 0.2) is 49.2 Å². The monoisotopic (exact) mass is 443 g/mol. The molecule has 9 nitrogen and oxygen atoms in total. The van der Waals surface area contributed by atoms with Gasteiger partial charge < -0.3 is 10.3 Å². The van der Waals surface area contributed by atoms with Crippen LogP contribution in [0.1, 0.15) is 12.0 Å². The number of pyridine rings is 1. The Labute approximate surface area is 179 Å². The second-order valence-corrected chi connectivity index (χ2v) is 7.67. The summed E-state index contributed by atoms with van der Waals surface area (Å²) < 4.78 is 23.6. The molecule has 4 rings (SSSR count). The normalized spacial score (nSPS) is 11.3. The Morgan fingerprint density at radius 2 is 2.00 bits per heavy atom. The molecule has 0 bridgehead atoms. The van der Waals surface area contributed by atoms with E-state index in [1.165, 1.54) is 6.33 Å². The number of H-pyrrole nitrogens is 1. The van der Waals surface area contributed by atoms with Crippen molar-refractivity contribution in [2.45, 2.75) is 12.8 Å². The van der Waals surface area contributed by atoms with Gasteiger partial charge in [0.2, 0.25) is 10.9 Å². The molecule has 4 aromatic rings. The standard InChI is InChI=1S/C19H18ClN7O2S/c20-14-6-5-12(3-1-8-26-30(28)29)9-15(14)27-18-13(4-2-7-21-18)16-17-19(24-10-22-16)25-11-23-17/h2,4-7,9-11,30H,1,3,8H2,(H,21,27)(H,26,28,29)(H,22,23,24,25). The van der Waals surface area contributed by atoms with Crippen molar-refractivity contribution in [1.29, 1.82) is 0 Å². The van der Waals surface area contributed by atoms with Gasteiger partial charge in [-0.1, -0.05) is 17.7 Å². The van der Waals surface area contributed by atoms with Crippen molar-refractivity contribution in [3.05, 3.63) is 59.8 Å². The van der Waals surface area contributed by atoms with Crippen LogP contribution in [0, 0.1) is 0 Å². The molecule has 3 heterocycles. The number of aromatic nitrogens is 5. The quantitative estimate of drug-likeness (QED) is 0.243. The fourth-order valence-corrected chi connectivity index (χ4v) is 3.58. The van der Waals surface area contributed by atoms with E-state index in [0.29, 0.717) is 52.8 Å². The zero-order valence-electron chi connectivity index (χ0n) is 15.7. The first-order chi connectivity index (χ1) is 14.6. The molecule has 1 aromatic carbocycles. The number of aryl methyl sites for hydroxylation is 1. The Kier molecular flexibility index (Phi) is 6.17. The second-order valence-electron chi connectivity index (χ2n) is 6.43. The van der Waals surface area contributed by atoms with E-state index in [-0.39, 0.29) is 0 Å². The first-order valence-corrected chi connectivity index (χ1v) is 10.7. The maximum Gasteiger partial charge on any atom is 0.201 e. The average Bonchev–Trinajstić information content (AvgIpc) is 3.23. The summed E-state index contributed by atoms with van der Waals surface area (Å²) in [4.78, 5) is 20.3. The molecule has 0 radical (unpaired) electrons. The zero-order valence-corrected chi connectivity index (χ0v) is 17.3. The predicted molar refractivity (Wildman–Crippen MR) is 116 cm³/mol. The minimum atomic E-state index is -2.57. The van der Waals surface area contributed by atoms with Crippen molar-refractivity contribution >= 4 is 45.2 Å². The van der Waals surface area contributed by atoms with Gasteiger partial charge in [0.1, 0.15) is 23.4 Å². The van der Waals surface area contributed by atoms with Gasteiger partial charge >= 0.3 is 0 Å². The summed E-state index contributed by atoms with van der Waals surface area (Å²) in [6.07, 6.45) is 6.12. The molecule has 30 heavy (non-hydrogen) atoms.